The minimum atomic E-state index is 0.676. The molecule has 0 atom stereocenters. The van der Waals surface area contributed by atoms with Gasteiger partial charge in [0.1, 0.15) is 0 Å². The number of nitrogens with zero attached hydrogens (tertiary/aromatic N) is 6. The first-order valence-corrected chi connectivity index (χ1v) is 8.29. The maximum atomic E-state index is 5.47. The van der Waals surface area contributed by atoms with E-state index in [1.165, 1.54) is 0 Å². The zero-order valence-electron chi connectivity index (χ0n) is 13.5. The fraction of sp³-hybridized carbons (Fsp3) is 0.222. The molecule has 0 aliphatic carbocycles. The second-order valence-corrected chi connectivity index (χ2v) is 5.94. The molecule has 0 saturated carbocycles. The van der Waals surface area contributed by atoms with Crippen LogP contribution in [0.3, 0.4) is 0 Å². The van der Waals surface area contributed by atoms with E-state index >= 15 is 0 Å². The summed E-state index contributed by atoms with van der Waals surface area (Å²) in [6.07, 6.45) is 3.50. The highest BCUT2D eigenvalue weighted by molar-refractivity contribution is 5.92. The van der Waals surface area contributed by atoms with E-state index in [2.05, 4.69) is 9.88 Å². The summed E-state index contributed by atoms with van der Waals surface area (Å²) >= 11 is 0. The molecule has 1 aliphatic heterocycles. The lowest BCUT2D eigenvalue weighted by atomic mass is 10.2. The van der Waals surface area contributed by atoms with Gasteiger partial charge >= 0.3 is 0 Å². The lowest BCUT2D eigenvalue weighted by Gasteiger charge is -2.27. The molecule has 0 radical (unpaired) electrons. The molecule has 124 valence electrons. The van der Waals surface area contributed by atoms with Crippen molar-refractivity contribution in [3.05, 3.63) is 48.8 Å². The smallest absolute Gasteiger partial charge is 0.229 e. The number of morpholine rings is 1. The predicted octanol–water partition coefficient (Wildman–Crippen LogP) is 2.18. The van der Waals surface area contributed by atoms with Crippen LogP contribution in [0, 0.1) is 0 Å². The van der Waals surface area contributed by atoms with Crippen molar-refractivity contribution in [1.29, 1.82) is 0 Å². The van der Waals surface area contributed by atoms with E-state index in [1.54, 1.807) is 12.4 Å². The Morgan fingerprint density at radius 3 is 2.56 bits per heavy atom. The Morgan fingerprint density at radius 2 is 1.72 bits per heavy atom. The highest BCUT2D eigenvalue weighted by atomic mass is 16.5. The molecule has 4 aromatic rings. The second-order valence-electron chi connectivity index (χ2n) is 5.94. The number of benzene rings is 1. The number of aromatic nitrogens is 5. The first-order valence-electron chi connectivity index (χ1n) is 8.29. The first kappa shape index (κ1) is 14.3. The van der Waals surface area contributed by atoms with Gasteiger partial charge in [0.05, 0.1) is 18.7 Å². The van der Waals surface area contributed by atoms with Gasteiger partial charge in [-0.25, -0.2) is 9.97 Å². The molecule has 7 nitrogen and oxygen atoms in total. The van der Waals surface area contributed by atoms with Gasteiger partial charge in [0.2, 0.25) is 5.95 Å². The molecule has 1 fully saturated rings. The van der Waals surface area contributed by atoms with Crippen LogP contribution >= 0.6 is 0 Å². The molecule has 0 bridgehead atoms. The van der Waals surface area contributed by atoms with Crippen LogP contribution in [0.2, 0.25) is 0 Å². The molecule has 3 aromatic heterocycles. The van der Waals surface area contributed by atoms with Crippen LogP contribution in [0.15, 0.2) is 48.8 Å². The molecular weight excluding hydrogens is 316 g/mol. The van der Waals surface area contributed by atoms with Crippen molar-refractivity contribution in [1.82, 2.24) is 24.6 Å². The fourth-order valence-electron chi connectivity index (χ4n) is 3.13. The molecule has 5 rings (SSSR count). The van der Waals surface area contributed by atoms with E-state index in [-0.39, 0.29) is 0 Å². The van der Waals surface area contributed by atoms with Crippen molar-refractivity contribution < 1.29 is 4.74 Å². The molecule has 0 spiro atoms. The van der Waals surface area contributed by atoms with Gasteiger partial charge in [-0.1, -0.05) is 12.1 Å². The van der Waals surface area contributed by atoms with E-state index in [1.807, 2.05) is 40.9 Å². The van der Waals surface area contributed by atoms with Crippen LogP contribution in [0.5, 0.6) is 0 Å². The molecule has 1 aromatic carbocycles. The molecular formula is C18H16N6O. The van der Waals surface area contributed by atoms with Gasteiger partial charge in [-0.15, -0.1) is 5.10 Å². The van der Waals surface area contributed by atoms with Crippen LogP contribution in [-0.4, -0.2) is 50.9 Å². The molecule has 1 aliphatic rings. The van der Waals surface area contributed by atoms with Gasteiger partial charge in [-0.05, 0) is 24.3 Å². The second kappa shape index (κ2) is 5.78. The largest absolute Gasteiger partial charge is 0.378 e. The van der Waals surface area contributed by atoms with E-state index in [4.69, 9.17) is 19.8 Å². The number of rotatable bonds is 2. The SMILES string of the molecule is c1ccc2c(c1)nc(N1CCOCC1)n1nc(-c3ccncc3)nc21. The Bertz CT molecular complexity index is 1040. The van der Waals surface area contributed by atoms with Crippen LogP contribution < -0.4 is 4.90 Å². The molecule has 4 heterocycles. The van der Waals surface area contributed by atoms with Gasteiger partial charge in [0, 0.05) is 36.4 Å². The number of hydrogen-bond donors (Lipinski definition) is 0. The summed E-state index contributed by atoms with van der Waals surface area (Å²) in [4.78, 5) is 15.9. The normalized spacial score (nSPS) is 15.1. The third kappa shape index (κ3) is 2.40. The Balaban J connectivity index is 1.78. The number of para-hydroxylation sites is 1. The fourth-order valence-corrected chi connectivity index (χ4v) is 3.13. The summed E-state index contributed by atoms with van der Waals surface area (Å²) in [7, 11) is 0. The Kier molecular flexibility index (Phi) is 3.31. The zero-order valence-corrected chi connectivity index (χ0v) is 13.5. The van der Waals surface area contributed by atoms with Crippen LogP contribution in [0.1, 0.15) is 0 Å². The minimum absolute atomic E-state index is 0.676. The average Bonchev–Trinajstić information content (AvgIpc) is 3.14. The zero-order chi connectivity index (χ0) is 16.6. The average molecular weight is 332 g/mol. The van der Waals surface area contributed by atoms with Crippen molar-refractivity contribution in [2.24, 2.45) is 0 Å². The standard InChI is InChI=1S/C18H16N6O/c1-2-4-15-14(3-1)17-21-16(13-5-7-19-8-6-13)22-24(17)18(20-15)23-9-11-25-12-10-23/h1-8H,9-12H2. The quantitative estimate of drug-likeness (QED) is 0.560. The summed E-state index contributed by atoms with van der Waals surface area (Å²) in [6, 6.07) is 11.9. The van der Waals surface area contributed by atoms with Gasteiger partial charge < -0.3 is 9.64 Å². The van der Waals surface area contributed by atoms with Gasteiger partial charge in [0.15, 0.2) is 11.5 Å². The molecule has 7 heteroatoms. The molecule has 0 amide bonds. The van der Waals surface area contributed by atoms with Gasteiger partial charge in [-0.3, -0.25) is 4.98 Å². The number of anilines is 1. The summed E-state index contributed by atoms with van der Waals surface area (Å²) in [5.41, 5.74) is 2.68. The highest BCUT2D eigenvalue weighted by Crippen LogP contribution is 2.25. The summed E-state index contributed by atoms with van der Waals surface area (Å²) in [5, 5.41) is 5.73. The Labute approximate surface area is 143 Å². The van der Waals surface area contributed by atoms with Gasteiger partial charge in [0.25, 0.3) is 0 Å². The van der Waals surface area contributed by atoms with E-state index in [9.17, 15) is 0 Å². The molecule has 0 N–H and O–H groups in total. The summed E-state index contributed by atoms with van der Waals surface area (Å²) < 4.78 is 7.32. The number of fused-ring (bicyclic) bond motifs is 3. The van der Waals surface area contributed by atoms with Crippen molar-refractivity contribution in [3.8, 4) is 11.4 Å². The number of pyridine rings is 1. The van der Waals surface area contributed by atoms with E-state index in [0.29, 0.717) is 19.0 Å². The maximum absolute atomic E-state index is 5.47. The summed E-state index contributed by atoms with van der Waals surface area (Å²) in [5.74, 6) is 1.49. The molecule has 25 heavy (non-hydrogen) atoms. The highest BCUT2D eigenvalue weighted by Gasteiger charge is 2.20. The predicted molar refractivity (Wildman–Crippen MR) is 94.6 cm³/mol. The lowest BCUT2D eigenvalue weighted by molar-refractivity contribution is 0.122. The third-order valence-corrected chi connectivity index (χ3v) is 4.39. The minimum Gasteiger partial charge on any atom is -0.378 e. The number of hydrogen-bond acceptors (Lipinski definition) is 6. The third-order valence-electron chi connectivity index (χ3n) is 4.39. The van der Waals surface area contributed by atoms with E-state index in [0.717, 1.165) is 41.2 Å². The lowest BCUT2D eigenvalue weighted by Crippen LogP contribution is -2.38. The van der Waals surface area contributed by atoms with E-state index < -0.39 is 0 Å². The van der Waals surface area contributed by atoms with Crippen molar-refractivity contribution in [2.75, 3.05) is 31.2 Å². The Morgan fingerprint density at radius 1 is 0.920 bits per heavy atom. The van der Waals surface area contributed by atoms with Crippen LogP contribution in [-0.2, 0) is 4.74 Å². The maximum Gasteiger partial charge on any atom is 0.229 e. The molecule has 0 unspecified atom stereocenters. The Hall–Kier alpha value is -3.06. The first-order chi connectivity index (χ1) is 12.4. The van der Waals surface area contributed by atoms with Crippen molar-refractivity contribution in [2.45, 2.75) is 0 Å². The monoisotopic (exact) mass is 332 g/mol. The van der Waals surface area contributed by atoms with Crippen molar-refractivity contribution in [3.63, 3.8) is 0 Å². The van der Waals surface area contributed by atoms with Crippen LogP contribution in [0.4, 0.5) is 5.95 Å². The topological polar surface area (TPSA) is 68.4 Å². The summed E-state index contributed by atoms with van der Waals surface area (Å²) in [6.45, 7) is 2.99. The van der Waals surface area contributed by atoms with Crippen LogP contribution in [0.25, 0.3) is 27.9 Å². The van der Waals surface area contributed by atoms with Gasteiger partial charge in [-0.2, -0.15) is 4.52 Å². The number of ether oxygens (including phenoxy) is 1. The van der Waals surface area contributed by atoms with Crippen molar-refractivity contribution >= 4 is 22.5 Å². The molecule has 1 saturated heterocycles.